The second kappa shape index (κ2) is 6.87. The molecule has 0 unspecified atom stereocenters. The standard InChI is InChI=1S/C13H22N2O2S/c1-10-11(8-12(18-10)13(16)17)9-15(4)7-5-6-14(2)3/h8H,5-7,9H2,1-4H3,(H,16,17). The molecule has 1 N–H and O–H groups in total. The van der Waals surface area contributed by atoms with Crippen molar-refractivity contribution in [3.63, 3.8) is 0 Å². The summed E-state index contributed by atoms with van der Waals surface area (Å²) in [5.41, 5.74) is 1.13. The number of aromatic carboxylic acids is 1. The first-order valence-corrected chi connectivity index (χ1v) is 6.87. The normalized spacial score (nSPS) is 11.4. The van der Waals surface area contributed by atoms with Crippen LogP contribution < -0.4 is 0 Å². The van der Waals surface area contributed by atoms with Gasteiger partial charge < -0.3 is 14.9 Å². The van der Waals surface area contributed by atoms with Crippen molar-refractivity contribution in [2.24, 2.45) is 0 Å². The SMILES string of the molecule is Cc1sc(C(=O)O)cc1CN(C)CCCN(C)C. The lowest BCUT2D eigenvalue weighted by atomic mass is 10.2. The van der Waals surface area contributed by atoms with Crippen LogP contribution in [-0.2, 0) is 6.54 Å². The van der Waals surface area contributed by atoms with Crippen LogP contribution in [0.25, 0.3) is 0 Å². The lowest BCUT2D eigenvalue weighted by Crippen LogP contribution is -2.23. The fourth-order valence-electron chi connectivity index (χ4n) is 1.81. The zero-order valence-corrected chi connectivity index (χ0v) is 12.4. The van der Waals surface area contributed by atoms with Crippen molar-refractivity contribution in [1.82, 2.24) is 9.80 Å². The van der Waals surface area contributed by atoms with Crippen molar-refractivity contribution in [3.05, 3.63) is 21.4 Å². The van der Waals surface area contributed by atoms with Gasteiger partial charge in [0.05, 0.1) is 0 Å². The molecule has 0 aliphatic carbocycles. The highest BCUT2D eigenvalue weighted by Crippen LogP contribution is 2.22. The van der Waals surface area contributed by atoms with Gasteiger partial charge in [-0.25, -0.2) is 4.79 Å². The smallest absolute Gasteiger partial charge is 0.345 e. The van der Waals surface area contributed by atoms with Crippen LogP contribution in [0.4, 0.5) is 0 Å². The summed E-state index contributed by atoms with van der Waals surface area (Å²) in [7, 11) is 6.22. The van der Waals surface area contributed by atoms with Crippen molar-refractivity contribution in [1.29, 1.82) is 0 Å². The third kappa shape index (κ3) is 4.76. The third-order valence-electron chi connectivity index (χ3n) is 2.82. The number of nitrogens with zero attached hydrogens (tertiary/aromatic N) is 2. The summed E-state index contributed by atoms with van der Waals surface area (Å²) in [5.74, 6) is -0.829. The molecule has 0 aliphatic rings. The Balaban J connectivity index is 2.48. The molecule has 0 aromatic carbocycles. The fraction of sp³-hybridized carbons (Fsp3) is 0.615. The van der Waals surface area contributed by atoms with Gasteiger partial charge in [-0.1, -0.05) is 0 Å². The number of carboxylic acid groups (broad SMARTS) is 1. The van der Waals surface area contributed by atoms with E-state index in [-0.39, 0.29) is 0 Å². The molecule has 1 heterocycles. The Labute approximate surface area is 113 Å². The quantitative estimate of drug-likeness (QED) is 0.824. The Morgan fingerprint density at radius 1 is 1.33 bits per heavy atom. The predicted molar refractivity (Wildman–Crippen MR) is 75.5 cm³/mol. The molecule has 18 heavy (non-hydrogen) atoms. The van der Waals surface area contributed by atoms with Gasteiger partial charge >= 0.3 is 5.97 Å². The Hall–Kier alpha value is -0.910. The summed E-state index contributed by atoms with van der Waals surface area (Å²) in [6.45, 7) is 4.91. The summed E-state index contributed by atoms with van der Waals surface area (Å²) in [5, 5.41) is 8.95. The van der Waals surface area contributed by atoms with Crippen LogP contribution in [0.5, 0.6) is 0 Å². The van der Waals surface area contributed by atoms with Gasteiger partial charge in [-0.05, 0) is 59.2 Å². The Morgan fingerprint density at radius 3 is 2.50 bits per heavy atom. The molecule has 0 saturated heterocycles. The molecule has 102 valence electrons. The molecule has 0 amide bonds. The average Bonchev–Trinajstić information content (AvgIpc) is 2.60. The van der Waals surface area contributed by atoms with E-state index >= 15 is 0 Å². The number of thiophene rings is 1. The maximum Gasteiger partial charge on any atom is 0.345 e. The number of carbonyl (C=O) groups is 1. The van der Waals surface area contributed by atoms with Gasteiger partial charge in [-0.15, -0.1) is 11.3 Å². The van der Waals surface area contributed by atoms with E-state index in [1.165, 1.54) is 11.3 Å². The maximum absolute atomic E-state index is 10.9. The van der Waals surface area contributed by atoms with Crippen LogP contribution in [0.1, 0.15) is 26.5 Å². The second-order valence-electron chi connectivity index (χ2n) is 4.89. The van der Waals surface area contributed by atoms with Crippen molar-refractivity contribution in [2.45, 2.75) is 19.9 Å². The highest BCUT2D eigenvalue weighted by atomic mass is 32.1. The van der Waals surface area contributed by atoms with Crippen molar-refractivity contribution in [3.8, 4) is 0 Å². The third-order valence-corrected chi connectivity index (χ3v) is 3.90. The van der Waals surface area contributed by atoms with E-state index < -0.39 is 5.97 Å². The van der Waals surface area contributed by atoms with Gasteiger partial charge in [0.1, 0.15) is 4.88 Å². The van der Waals surface area contributed by atoms with Gasteiger partial charge in [0, 0.05) is 11.4 Å². The van der Waals surface area contributed by atoms with Gasteiger partial charge in [-0.2, -0.15) is 0 Å². The lowest BCUT2D eigenvalue weighted by Gasteiger charge is -2.17. The molecule has 0 saturated carbocycles. The van der Waals surface area contributed by atoms with E-state index in [0.29, 0.717) is 4.88 Å². The number of hydrogen-bond acceptors (Lipinski definition) is 4. The zero-order valence-electron chi connectivity index (χ0n) is 11.6. The number of rotatable bonds is 7. The van der Waals surface area contributed by atoms with E-state index in [2.05, 4.69) is 30.9 Å². The van der Waals surface area contributed by atoms with Crippen LogP contribution >= 0.6 is 11.3 Å². The molecule has 0 aliphatic heterocycles. The van der Waals surface area contributed by atoms with Crippen LogP contribution in [0.3, 0.4) is 0 Å². The number of carboxylic acids is 1. The van der Waals surface area contributed by atoms with Gasteiger partial charge in [0.25, 0.3) is 0 Å². The maximum atomic E-state index is 10.9. The summed E-state index contributed by atoms with van der Waals surface area (Å²) in [6.07, 6.45) is 1.12. The molecule has 1 aromatic heterocycles. The lowest BCUT2D eigenvalue weighted by molar-refractivity contribution is 0.0702. The van der Waals surface area contributed by atoms with Crippen LogP contribution in [-0.4, -0.2) is 55.1 Å². The molecule has 1 aromatic rings. The first kappa shape index (κ1) is 15.1. The molecule has 0 atom stereocenters. The van der Waals surface area contributed by atoms with E-state index in [0.717, 1.165) is 36.5 Å². The van der Waals surface area contributed by atoms with Gasteiger partial charge in [0.15, 0.2) is 0 Å². The molecule has 0 bridgehead atoms. The Morgan fingerprint density at radius 2 is 2.00 bits per heavy atom. The molecule has 1 rings (SSSR count). The average molecular weight is 270 g/mol. The van der Waals surface area contributed by atoms with Crippen molar-refractivity contribution in [2.75, 3.05) is 34.2 Å². The summed E-state index contributed by atoms with van der Waals surface area (Å²) in [4.78, 5) is 16.8. The number of hydrogen-bond donors (Lipinski definition) is 1. The molecule has 0 fully saturated rings. The summed E-state index contributed by atoms with van der Waals surface area (Å²) < 4.78 is 0. The first-order chi connectivity index (χ1) is 8.40. The molecule has 0 spiro atoms. The highest BCUT2D eigenvalue weighted by Gasteiger charge is 2.12. The van der Waals surface area contributed by atoms with Crippen LogP contribution in [0.15, 0.2) is 6.07 Å². The Bertz CT molecular complexity index is 402. The predicted octanol–water partition coefficient (Wildman–Crippen LogP) is 2.14. The summed E-state index contributed by atoms with van der Waals surface area (Å²) >= 11 is 1.36. The minimum Gasteiger partial charge on any atom is -0.477 e. The van der Waals surface area contributed by atoms with Gasteiger partial charge in [-0.3, -0.25) is 0 Å². The van der Waals surface area contributed by atoms with Crippen molar-refractivity contribution < 1.29 is 9.90 Å². The van der Waals surface area contributed by atoms with Crippen molar-refractivity contribution >= 4 is 17.3 Å². The zero-order chi connectivity index (χ0) is 13.7. The first-order valence-electron chi connectivity index (χ1n) is 6.06. The van der Waals surface area contributed by atoms with Crippen LogP contribution in [0.2, 0.25) is 0 Å². The number of aryl methyl sites for hydroxylation is 1. The fourth-order valence-corrected chi connectivity index (χ4v) is 2.68. The van der Waals surface area contributed by atoms with Crippen LogP contribution in [0, 0.1) is 6.92 Å². The molecular formula is C13H22N2O2S. The minimum atomic E-state index is -0.829. The minimum absolute atomic E-state index is 0.434. The second-order valence-corrected chi connectivity index (χ2v) is 6.15. The molecule has 5 heteroatoms. The van der Waals surface area contributed by atoms with Gasteiger partial charge in [0.2, 0.25) is 0 Å². The molecular weight excluding hydrogens is 248 g/mol. The van der Waals surface area contributed by atoms with E-state index in [1.54, 1.807) is 6.07 Å². The summed E-state index contributed by atoms with van der Waals surface area (Å²) in [6, 6.07) is 1.80. The van der Waals surface area contributed by atoms with E-state index in [9.17, 15) is 4.79 Å². The topological polar surface area (TPSA) is 43.8 Å². The largest absolute Gasteiger partial charge is 0.477 e. The molecule has 0 radical (unpaired) electrons. The van der Waals surface area contributed by atoms with E-state index in [4.69, 9.17) is 5.11 Å². The monoisotopic (exact) mass is 270 g/mol. The highest BCUT2D eigenvalue weighted by molar-refractivity contribution is 7.14. The molecule has 4 nitrogen and oxygen atoms in total. The van der Waals surface area contributed by atoms with E-state index in [1.807, 2.05) is 6.92 Å². The Kier molecular flexibility index (Phi) is 5.78.